The van der Waals surface area contributed by atoms with E-state index in [0.717, 1.165) is 0 Å². The maximum absolute atomic E-state index is 11.0. The van der Waals surface area contributed by atoms with E-state index in [0.29, 0.717) is 31.7 Å². The molecular weight excluding hydrogens is 170 g/mol. The average Bonchev–Trinajstić information content (AvgIpc) is 2.12. The van der Waals surface area contributed by atoms with Crippen LogP contribution in [0, 0.1) is 5.92 Å². The van der Waals surface area contributed by atoms with Crippen molar-refractivity contribution >= 4 is 5.91 Å². The molecule has 0 aliphatic rings. The third-order valence-corrected chi connectivity index (χ3v) is 1.83. The molecule has 0 bridgehead atoms. The molecule has 0 aliphatic carbocycles. The van der Waals surface area contributed by atoms with Crippen molar-refractivity contribution in [3.05, 3.63) is 0 Å². The molecule has 1 atom stereocenters. The number of nitrogens with one attached hydrogen (secondary N) is 1. The van der Waals surface area contributed by atoms with Crippen molar-refractivity contribution in [3.63, 3.8) is 0 Å². The Labute approximate surface area is 79.0 Å². The molecule has 1 amide bonds. The minimum absolute atomic E-state index is 0.0289. The van der Waals surface area contributed by atoms with Crippen LogP contribution in [0.4, 0.5) is 0 Å². The van der Waals surface area contributed by atoms with Gasteiger partial charge in [0.1, 0.15) is 0 Å². The number of rotatable bonds is 7. The van der Waals surface area contributed by atoms with Gasteiger partial charge in [0.05, 0.1) is 0 Å². The average molecular weight is 189 g/mol. The first-order valence-electron chi connectivity index (χ1n) is 4.69. The van der Waals surface area contributed by atoms with Gasteiger partial charge in [0.2, 0.25) is 5.91 Å². The maximum atomic E-state index is 11.0. The molecule has 0 fully saturated rings. The summed E-state index contributed by atoms with van der Waals surface area (Å²) in [6.45, 7) is 2.79. The van der Waals surface area contributed by atoms with Crippen molar-refractivity contribution in [2.24, 2.45) is 5.92 Å². The molecule has 0 aromatic carbocycles. The number of hydrogen-bond acceptors (Lipinski definition) is 3. The van der Waals surface area contributed by atoms with Crippen molar-refractivity contribution in [1.29, 1.82) is 0 Å². The summed E-state index contributed by atoms with van der Waals surface area (Å²) in [5, 5.41) is 19.8. The molecule has 0 saturated heterocycles. The Morgan fingerprint density at radius 1 is 1.38 bits per heavy atom. The fourth-order valence-electron chi connectivity index (χ4n) is 0.939. The zero-order valence-electron chi connectivity index (χ0n) is 8.12. The molecule has 3 N–H and O–H groups in total. The van der Waals surface area contributed by atoms with Crippen molar-refractivity contribution in [2.75, 3.05) is 19.8 Å². The van der Waals surface area contributed by atoms with Crippen LogP contribution in [0.3, 0.4) is 0 Å². The van der Waals surface area contributed by atoms with Gasteiger partial charge in [-0.05, 0) is 18.8 Å². The van der Waals surface area contributed by atoms with Crippen LogP contribution in [-0.4, -0.2) is 35.9 Å². The minimum Gasteiger partial charge on any atom is -0.396 e. The summed E-state index contributed by atoms with van der Waals surface area (Å²) in [6, 6.07) is 0. The van der Waals surface area contributed by atoms with Gasteiger partial charge >= 0.3 is 0 Å². The number of aliphatic hydroxyl groups is 2. The monoisotopic (exact) mass is 189 g/mol. The largest absolute Gasteiger partial charge is 0.396 e. The summed E-state index contributed by atoms with van der Waals surface area (Å²) in [7, 11) is 0. The Morgan fingerprint density at radius 3 is 2.62 bits per heavy atom. The van der Waals surface area contributed by atoms with Crippen LogP contribution in [0.15, 0.2) is 0 Å². The predicted octanol–water partition coefficient (Wildman–Crippen LogP) is -0.106. The van der Waals surface area contributed by atoms with Gasteiger partial charge in [-0.2, -0.15) is 0 Å². The van der Waals surface area contributed by atoms with Crippen molar-refractivity contribution in [3.8, 4) is 0 Å². The quantitative estimate of drug-likeness (QED) is 0.523. The summed E-state index contributed by atoms with van der Waals surface area (Å²) < 4.78 is 0. The predicted molar refractivity (Wildman–Crippen MR) is 50.2 cm³/mol. The maximum Gasteiger partial charge on any atom is 0.220 e. The van der Waals surface area contributed by atoms with Gasteiger partial charge in [-0.25, -0.2) is 0 Å². The fraction of sp³-hybridized carbons (Fsp3) is 0.889. The second-order valence-electron chi connectivity index (χ2n) is 3.25. The van der Waals surface area contributed by atoms with E-state index in [1.807, 2.05) is 6.92 Å². The lowest BCUT2D eigenvalue weighted by Crippen LogP contribution is -2.28. The van der Waals surface area contributed by atoms with E-state index >= 15 is 0 Å². The number of aliphatic hydroxyl groups excluding tert-OH is 2. The Kier molecular flexibility index (Phi) is 7.63. The second kappa shape index (κ2) is 8.01. The molecule has 0 rings (SSSR count). The Morgan fingerprint density at radius 2 is 2.08 bits per heavy atom. The van der Waals surface area contributed by atoms with E-state index in [1.54, 1.807) is 0 Å². The van der Waals surface area contributed by atoms with Crippen LogP contribution in [0.5, 0.6) is 0 Å². The van der Waals surface area contributed by atoms with E-state index in [2.05, 4.69) is 5.32 Å². The number of amides is 1. The van der Waals surface area contributed by atoms with Gasteiger partial charge in [-0.1, -0.05) is 6.92 Å². The van der Waals surface area contributed by atoms with E-state index in [-0.39, 0.29) is 19.1 Å². The lowest BCUT2D eigenvalue weighted by Gasteiger charge is -2.10. The van der Waals surface area contributed by atoms with Gasteiger partial charge in [0.15, 0.2) is 0 Å². The highest BCUT2D eigenvalue weighted by Gasteiger charge is 2.04. The van der Waals surface area contributed by atoms with E-state index in [4.69, 9.17) is 10.2 Å². The topological polar surface area (TPSA) is 69.6 Å². The van der Waals surface area contributed by atoms with Gasteiger partial charge in [0.25, 0.3) is 0 Å². The summed E-state index contributed by atoms with van der Waals surface area (Å²) in [4.78, 5) is 11.0. The van der Waals surface area contributed by atoms with E-state index in [9.17, 15) is 4.79 Å². The molecule has 13 heavy (non-hydrogen) atoms. The summed E-state index contributed by atoms with van der Waals surface area (Å²) in [6.07, 6.45) is 1.60. The molecule has 0 saturated carbocycles. The summed E-state index contributed by atoms with van der Waals surface area (Å²) in [5.74, 6) is 0.280. The third-order valence-electron chi connectivity index (χ3n) is 1.83. The van der Waals surface area contributed by atoms with Crippen molar-refractivity contribution in [2.45, 2.75) is 26.2 Å². The lowest BCUT2D eigenvalue weighted by molar-refractivity contribution is -0.121. The van der Waals surface area contributed by atoms with E-state index in [1.165, 1.54) is 0 Å². The van der Waals surface area contributed by atoms with Gasteiger partial charge < -0.3 is 15.5 Å². The number of carbonyl (C=O) groups excluding carboxylic acids is 1. The van der Waals surface area contributed by atoms with Crippen molar-refractivity contribution < 1.29 is 15.0 Å². The standard InChI is InChI=1S/C9H19NO3/c1-8(4-6-12)7-10-9(13)3-2-5-11/h8,11-12H,2-7H2,1H3,(H,10,13). The number of hydrogen-bond donors (Lipinski definition) is 3. The Bertz CT molecular complexity index is 139. The highest BCUT2D eigenvalue weighted by atomic mass is 16.3. The van der Waals surface area contributed by atoms with Crippen LogP contribution in [0.1, 0.15) is 26.2 Å². The highest BCUT2D eigenvalue weighted by molar-refractivity contribution is 5.75. The molecule has 4 heteroatoms. The van der Waals surface area contributed by atoms with Gasteiger partial charge in [0, 0.05) is 26.2 Å². The van der Waals surface area contributed by atoms with Crippen LogP contribution in [0.2, 0.25) is 0 Å². The molecule has 78 valence electrons. The zero-order valence-corrected chi connectivity index (χ0v) is 8.12. The molecule has 0 spiro atoms. The molecule has 0 radical (unpaired) electrons. The van der Waals surface area contributed by atoms with Crippen LogP contribution in [-0.2, 0) is 4.79 Å². The molecule has 0 aromatic rings. The first kappa shape index (κ1) is 12.4. The second-order valence-corrected chi connectivity index (χ2v) is 3.25. The van der Waals surface area contributed by atoms with Gasteiger partial charge in [-0.3, -0.25) is 4.79 Å². The fourth-order valence-corrected chi connectivity index (χ4v) is 0.939. The molecule has 0 heterocycles. The van der Waals surface area contributed by atoms with Crippen molar-refractivity contribution in [1.82, 2.24) is 5.32 Å². The first-order valence-corrected chi connectivity index (χ1v) is 4.69. The third kappa shape index (κ3) is 7.74. The normalized spacial score (nSPS) is 12.5. The van der Waals surface area contributed by atoms with E-state index < -0.39 is 0 Å². The van der Waals surface area contributed by atoms with Crippen LogP contribution < -0.4 is 5.32 Å². The Hall–Kier alpha value is -0.610. The van der Waals surface area contributed by atoms with Crippen LogP contribution in [0.25, 0.3) is 0 Å². The SMILES string of the molecule is CC(CCO)CNC(=O)CCCO. The first-order chi connectivity index (χ1) is 6.20. The minimum atomic E-state index is -0.0289. The molecule has 4 nitrogen and oxygen atoms in total. The van der Waals surface area contributed by atoms with Crippen LogP contribution >= 0.6 is 0 Å². The Balaban J connectivity index is 3.34. The molecular formula is C9H19NO3. The molecule has 0 aromatic heterocycles. The van der Waals surface area contributed by atoms with Gasteiger partial charge in [-0.15, -0.1) is 0 Å². The number of carbonyl (C=O) groups is 1. The molecule has 1 unspecified atom stereocenters. The summed E-state index contributed by atoms with van der Waals surface area (Å²) >= 11 is 0. The highest BCUT2D eigenvalue weighted by Crippen LogP contribution is 1.98. The molecule has 0 aliphatic heterocycles. The summed E-state index contributed by atoms with van der Waals surface area (Å²) in [5.41, 5.74) is 0. The smallest absolute Gasteiger partial charge is 0.220 e. The zero-order chi connectivity index (χ0) is 10.1. The lowest BCUT2D eigenvalue weighted by atomic mass is 10.1.